The fourth-order valence-electron chi connectivity index (χ4n) is 1.46. The summed E-state index contributed by atoms with van der Waals surface area (Å²) in [4.78, 5) is 0. The maximum atomic E-state index is 3.75. The van der Waals surface area contributed by atoms with Crippen LogP contribution in [0.1, 0.15) is 53.4 Å². The van der Waals surface area contributed by atoms with Gasteiger partial charge in [0.2, 0.25) is 0 Å². The van der Waals surface area contributed by atoms with Gasteiger partial charge < -0.3 is 0 Å². The summed E-state index contributed by atoms with van der Waals surface area (Å²) >= 11 is 0. The zero-order valence-electron chi connectivity index (χ0n) is 11.3. The smallest absolute Gasteiger partial charge is 0.0161 e. The first-order valence-corrected chi connectivity index (χ1v) is 6.20. The van der Waals surface area contributed by atoms with Crippen molar-refractivity contribution in [2.75, 3.05) is 0 Å². The van der Waals surface area contributed by atoms with Gasteiger partial charge in [0.1, 0.15) is 0 Å². The third kappa shape index (κ3) is 8.28. The zero-order chi connectivity index (χ0) is 12.4. The molecule has 0 saturated heterocycles. The van der Waals surface area contributed by atoms with E-state index in [9.17, 15) is 0 Å². The van der Waals surface area contributed by atoms with Crippen molar-refractivity contribution < 1.29 is 0 Å². The molecule has 0 aliphatic rings. The van der Waals surface area contributed by atoms with Gasteiger partial charge in [0.15, 0.2) is 0 Å². The van der Waals surface area contributed by atoms with Crippen LogP contribution in [0.15, 0.2) is 47.6 Å². The van der Waals surface area contributed by atoms with E-state index in [1.165, 1.54) is 24.0 Å². The van der Waals surface area contributed by atoms with Crippen molar-refractivity contribution in [1.82, 2.24) is 0 Å². The number of allylic oxidation sites excluding steroid dienone is 7. The van der Waals surface area contributed by atoms with Gasteiger partial charge in [-0.05, 0) is 46.5 Å². The van der Waals surface area contributed by atoms with Crippen LogP contribution in [0.4, 0.5) is 0 Å². The fourth-order valence-corrected chi connectivity index (χ4v) is 1.46. The number of hydrogen-bond acceptors (Lipinski definition) is 0. The van der Waals surface area contributed by atoms with Crippen LogP contribution in [-0.4, -0.2) is 0 Å². The Morgan fingerprint density at radius 2 is 1.75 bits per heavy atom. The van der Waals surface area contributed by atoms with E-state index >= 15 is 0 Å². The molecule has 0 fully saturated rings. The molecule has 0 saturated carbocycles. The van der Waals surface area contributed by atoms with E-state index in [1.54, 1.807) is 5.57 Å². The highest BCUT2D eigenvalue weighted by atomic mass is 14.0. The average Bonchev–Trinajstić information content (AvgIpc) is 2.26. The minimum Gasteiger partial charge on any atom is -0.0988 e. The molecule has 0 radical (unpaired) electrons. The molecule has 0 aromatic heterocycles. The first-order chi connectivity index (χ1) is 7.60. The van der Waals surface area contributed by atoms with Crippen LogP contribution < -0.4 is 0 Å². The summed E-state index contributed by atoms with van der Waals surface area (Å²) in [6.45, 7) is 12.4. The Morgan fingerprint density at radius 3 is 2.25 bits per heavy atom. The van der Waals surface area contributed by atoms with E-state index in [0.29, 0.717) is 0 Å². The van der Waals surface area contributed by atoms with E-state index in [-0.39, 0.29) is 0 Å². The van der Waals surface area contributed by atoms with E-state index in [1.807, 2.05) is 6.08 Å². The summed E-state index contributed by atoms with van der Waals surface area (Å²) in [7, 11) is 0. The van der Waals surface area contributed by atoms with Crippen molar-refractivity contribution in [3.8, 4) is 0 Å². The maximum Gasteiger partial charge on any atom is -0.0161 e. The Bertz CT molecular complexity index is 283. The second kappa shape index (κ2) is 9.21. The highest BCUT2D eigenvalue weighted by molar-refractivity contribution is 5.15. The van der Waals surface area contributed by atoms with Crippen LogP contribution in [0.5, 0.6) is 0 Å². The largest absolute Gasteiger partial charge is 0.0988 e. The Kier molecular flexibility index (Phi) is 8.61. The molecule has 0 spiro atoms. The molecule has 0 aromatic carbocycles. The predicted molar refractivity (Wildman–Crippen MR) is 75.6 cm³/mol. The van der Waals surface area contributed by atoms with Crippen LogP contribution in [-0.2, 0) is 0 Å². The first-order valence-electron chi connectivity index (χ1n) is 6.20. The Labute approximate surface area is 101 Å². The van der Waals surface area contributed by atoms with Crippen molar-refractivity contribution in [2.45, 2.75) is 53.4 Å². The highest BCUT2D eigenvalue weighted by Gasteiger charge is 1.92. The van der Waals surface area contributed by atoms with Crippen molar-refractivity contribution in [3.63, 3.8) is 0 Å². The van der Waals surface area contributed by atoms with Crippen molar-refractivity contribution >= 4 is 0 Å². The first kappa shape index (κ1) is 15.0. The number of hydrogen-bond donors (Lipinski definition) is 0. The third-order valence-electron chi connectivity index (χ3n) is 2.64. The van der Waals surface area contributed by atoms with Crippen molar-refractivity contribution in [3.05, 3.63) is 47.6 Å². The molecule has 0 nitrogen and oxygen atoms in total. The lowest BCUT2D eigenvalue weighted by Gasteiger charge is -2.02. The molecule has 0 unspecified atom stereocenters. The van der Waals surface area contributed by atoms with Crippen LogP contribution in [0.3, 0.4) is 0 Å². The fraction of sp³-hybridized carbons (Fsp3) is 0.500. The summed E-state index contributed by atoms with van der Waals surface area (Å²) in [6.07, 6.45) is 13.4. The van der Waals surface area contributed by atoms with Gasteiger partial charge in [-0.15, -0.1) is 0 Å². The topological polar surface area (TPSA) is 0 Å². The van der Waals surface area contributed by atoms with Gasteiger partial charge in [-0.1, -0.05) is 54.5 Å². The van der Waals surface area contributed by atoms with E-state index < -0.39 is 0 Å². The molecule has 0 amide bonds. The molecule has 90 valence electrons. The van der Waals surface area contributed by atoms with Gasteiger partial charge in [0.05, 0.1) is 0 Å². The minimum absolute atomic E-state index is 1.04. The van der Waals surface area contributed by atoms with Crippen molar-refractivity contribution in [1.29, 1.82) is 0 Å². The summed E-state index contributed by atoms with van der Waals surface area (Å²) < 4.78 is 0. The molecule has 0 aliphatic heterocycles. The second-order valence-electron chi connectivity index (χ2n) is 4.42. The second-order valence-corrected chi connectivity index (χ2v) is 4.42. The highest BCUT2D eigenvalue weighted by Crippen LogP contribution is 2.12. The maximum absolute atomic E-state index is 3.75. The third-order valence-corrected chi connectivity index (χ3v) is 2.64. The van der Waals surface area contributed by atoms with Gasteiger partial charge >= 0.3 is 0 Å². The standard InChI is InChI=1S/C16H26/c1-6-15(5)11-9-13-16(7-2)12-8-10-14(3)4/h6,10-11,13H,1,7-9,12H2,2-5H3/b15-11+,16-13+. The Hall–Kier alpha value is -1.04. The molecule has 0 rings (SSSR count). The van der Waals surface area contributed by atoms with Gasteiger partial charge in [0.25, 0.3) is 0 Å². The van der Waals surface area contributed by atoms with Crippen LogP contribution >= 0.6 is 0 Å². The zero-order valence-corrected chi connectivity index (χ0v) is 11.3. The quantitative estimate of drug-likeness (QED) is 0.386. The lowest BCUT2D eigenvalue weighted by molar-refractivity contribution is 0.894. The van der Waals surface area contributed by atoms with Crippen molar-refractivity contribution in [2.24, 2.45) is 0 Å². The van der Waals surface area contributed by atoms with Crippen LogP contribution in [0, 0.1) is 0 Å². The summed E-state index contributed by atoms with van der Waals surface area (Å²) in [5.41, 5.74) is 4.24. The van der Waals surface area contributed by atoms with E-state index in [0.717, 1.165) is 12.8 Å². The van der Waals surface area contributed by atoms with Crippen LogP contribution in [0.2, 0.25) is 0 Å². The molecule has 0 atom stereocenters. The Morgan fingerprint density at radius 1 is 1.06 bits per heavy atom. The van der Waals surface area contributed by atoms with Gasteiger partial charge in [-0.3, -0.25) is 0 Å². The molecular formula is C16H26. The minimum atomic E-state index is 1.04. The van der Waals surface area contributed by atoms with Gasteiger partial charge in [-0.25, -0.2) is 0 Å². The predicted octanol–water partition coefficient (Wildman–Crippen LogP) is 5.59. The van der Waals surface area contributed by atoms with E-state index in [4.69, 9.17) is 0 Å². The molecular weight excluding hydrogens is 192 g/mol. The lowest BCUT2D eigenvalue weighted by atomic mass is 10.0. The molecule has 0 bridgehead atoms. The molecule has 0 aliphatic carbocycles. The average molecular weight is 218 g/mol. The molecule has 0 aromatic rings. The molecule has 0 heteroatoms. The normalized spacial score (nSPS) is 12.5. The lowest BCUT2D eigenvalue weighted by Crippen LogP contribution is -1.81. The van der Waals surface area contributed by atoms with Gasteiger partial charge in [0, 0.05) is 0 Å². The molecule has 16 heavy (non-hydrogen) atoms. The summed E-state index contributed by atoms with van der Waals surface area (Å²) in [5, 5.41) is 0. The summed E-state index contributed by atoms with van der Waals surface area (Å²) in [6, 6.07) is 0. The SMILES string of the molecule is C=C/C(C)=C/C/C=C(\CC)CCC=C(C)C. The molecule has 0 heterocycles. The van der Waals surface area contributed by atoms with Crippen LogP contribution in [0.25, 0.3) is 0 Å². The Balaban J connectivity index is 4.12. The monoisotopic (exact) mass is 218 g/mol. The number of rotatable bonds is 7. The summed E-state index contributed by atoms with van der Waals surface area (Å²) in [5.74, 6) is 0. The van der Waals surface area contributed by atoms with E-state index in [2.05, 4.69) is 52.5 Å². The molecule has 0 N–H and O–H groups in total. The van der Waals surface area contributed by atoms with Gasteiger partial charge in [-0.2, -0.15) is 0 Å².